The average molecular weight is 495 g/mol. The number of amides is 2. The fourth-order valence-corrected chi connectivity index (χ4v) is 5.42. The van der Waals surface area contributed by atoms with Crippen molar-refractivity contribution in [2.75, 3.05) is 17.5 Å². The fraction of sp³-hybridized carbons (Fsp3) is 0.389. The van der Waals surface area contributed by atoms with E-state index in [0.717, 1.165) is 0 Å². The van der Waals surface area contributed by atoms with Gasteiger partial charge in [0.2, 0.25) is 22.4 Å². The summed E-state index contributed by atoms with van der Waals surface area (Å²) in [6, 6.07) is 0.920. The lowest BCUT2D eigenvalue weighted by molar-refractivity contribution is -0.752. The molecule has 0 spiro atoms. The van der Waals surface area contributed by atoms with E-state index in [2.05, 4.69) is 19.8 Å². The van der Waals surface area contributed by atoms with Gasteiger partial charge in [-0.15, -0.1) is 21.6 Å². The number of rotatable bonds is 8. The molecule has 2 aliphatic rings. The first-order valence-corrected chi connectivity index (χ1v) is 12.2. The zero-order valence-corrected chi connectivity index (χ0v) is 19.4. The SMILES string of the molecule is CCON=C(C(=O)NC1C(=O)N2C(C(=O)O)=C(Cn3ccc[n+]3C)CS[C@H]12)c1nc[s+](N)n1. The Balaban J connectivity index is 1.54. The standard InChI is InChI=1S/C18H20N8O5S2/c1-3-31-22-11(14-20-9-33(19)23-14)15(27)21-12-16(28)26-13(18(29)30)10(8-32-17(12)26)7-25-6-4-5-24(25)2/h4-6,9,12,17,19H,3,7-8H2,1-2H3,(H-,21,27,29,30)/p+2/t12?,17-,33?/m1/s1. The number of hydrogen-bond acceptors (Lipinski definition) is 9. The zero-order valence-electron chi connectivity index (χ0n) is 17.7. The molecule has 0 aliphatic carbocycles. The number of thioether (sulfide) groups is 1. The summed E-state index contributed by atoms with van der Waals surface area (Å²) in [6.45, 7) is 2.24. The number of carboxylic acids is 1. The highest BCUT2D eigenvalue weighted by Crippen LogP contribution is 2.40. The van der Waals surface area contributed by atoms with Crippen molar-refractivity contribution in [2.45, 2.75) is 24.9 Å². The predicted octanol–water partition coefficient (Wildman–Crippen LogP) is -1.26. The Morgan fingerprint density at radius 1 is 1.52 bits per heavy atom. The second kappa shape index (κ2) is 9.29. The van der Waals surface area contributed by atoms with Gasteiger partial charge in [0.1, 0.15) is 30.3 Å². The number of nitrogens with zero attached hydrogens (tertiary/aromatic N) is 6. The van der Waals surface area contributed by atoms with Gasteiger partial charge >= 0.3 is 5.97 Å². The number of nitrogens with two attached hydrogens (primary N) is 1. The van der Waals surface area contributed by atoms with Gasteiger partial charge in [0.25, 0.3) is 17.3 Å². The van der Waals surface area contributed by atoms with Crippen LogP contribution in [0.2, 0.25) is 0 Å². The summed E-state index contributed by atoms with van der Waals surface area (Å²) in [7, 11) is 0.877. The van der Waals surface area contributed by atoms with Gasteiger partial charge in [-0.2, -0.15) is 9.67 Å². The highest BCUT2D eigenvalue weighted by Gasteiger charge is 2.54. The van der Waals surface area contributed by atoms with Crippen LogP contribution in [0.25, 0.3) is 0 Å². The topological polar surface area (TPSA) is 169 Å². The third-order valence-electron chi connectivity index (χ3n) is 5.04. The summed E-state index contributed by atoms with van der Waals surface area (Å²) in [5.41, 5.74) is 1.74. The van der Waals surface area contributed by atoms with E-state index < -0.39 is 40.1 Å². The first-order chi connectivity index (χ1) is 15.8. The van der Waals surface area contributed by atoms with E-state index in [1.807, 2.05) is 34.9 Å². The maximum absolute atomic E-state index is 12.9. The van der Waals surface area contributed by atoms with Crippen molar-refractivity contribution >= 4 is 46.1 Å². The molecule has 2 aromatic rings. The highest BCUT2D eigenvalue weighted by molar-refractivity contribution is 8.00. The van der Waals surface area contributed by atoms with Crippen LogP contribution in [-0.2, 0) is 32.8 Å². The molecule has 2 aliphatic heterocycles. The van der Waals surface area contributed by atoms with Crippen LogP contribution >= 0.6 is 22.6 Å². The van der Waals surface area contributed by atoms with Crippen LogP contribution < -0.4 is 15.1 Å². The van der Waals surface area contributed by atoms with Gasteiger partial charge < -0.3 is 15.3 Å². The number of nitrogens with one attached hydrogen (secondary N) is 1. The molecule has 2 unspecified atom stereocenters. The molecular weight excluding hydrogens is 472 g/mol. The minimum Gasteiger partial charge on any atom is -0.477 e. The number of oxime groups is 1. The van der Waals surface area contributed by atoms with Crippen molar-refractivity contribution in [2.24, 2.45) is 12.2 Å². The lowest BCUT2D eigenvalue weighted by Gasteiger charge is -2.49. The molecule has 4 heterocycles. The van der Waals surface area contributed by atoms with Crippen molar-refractivity contribution in [3.63, 3.8) is 0 Å². The van der Waals surface area contributed by atoms with E-state index in [4.69, 9.17) is 9.98 Å². The molecule has 1 saturated heterocycles. The largest absolute Gasteiger partial charge is 0.477 e. The predicted molar refractivity (Wildman–Crippen MR) is 118 cm³/mol. The number of carbonyl (C=O) groups excluding carboxylic acids is 2. The number of aryl methyl sites for hydroxylation is 1. The fourth-order valence-electron chi connectivity index (χ4n) is 3.50. The molecule has 13 nitrogen and oxygen atoms in total. The maximum Gasteiger partial charge on any atom is 0.352 e. The third kappa shape index (κ3) is 4.34. The normalized spacial score (nSPS) is 20.9. The van der Waals surface area contributed by atoms with E-state index >= 15 is 0 Å². The van der Waals surface area contributed by atoms with Gasteiger partial charge in [-0.05, 0) is 12.5 Å². The lowest BCUT2D eigenvalue weighted by atomic mass is 10.0. The minimum absolute atomic E-state index is 0.0136. The van der Waals surface area contributed by atoms with E-state index in [0.29, 0.717) is 17.9 Å². The van der Waals surface area contributed by atoms with Crippen LogP contribution in [0.5, 0.6) is 0 Å². The van der Waals surface area contributed by atoms with Crippen molar-refractivity contribution in [1.29, 1.82) is 0 Å². The molecule has 3 atom stereocenters. The molecule has 174 valence electrons. The monoisotopic (exact) mass is 494 g/mol. The highest BCUT2D eigenvalue weighted by atomic mass is 32.2. The van der Waals surface area contributed by atoms with Crippen molar-refractivity contribution in [3.8, 4) is 0 Å². The molecule has 0 bridgehead atoms. The summed E-state index contributed by atoms with van der Waals surface area (Å²) in [6.07, 6.45) is 3.66. The smallest absolute Gasteiger partial charge is 0.352 e. The zero-order chi connectivity index (χ0) is 23.7. The second-order valence-corrected chi connectivity index (χ2v) is 9.33. The second-order valence-electron chi connectivity index (χ2n) is 7.13. The average Bonchev–Trinajstić information content (AvgIpc) is 3.39. The number of nitrogen functional groups attached to an aromatic ring is 1. The number of aliphatic carboxylic acids is 1. The van der Waals surface area contributed by atoms with Gasteiger partial charge in [-0.1, -0.05) is 5.16 Å². The molecule has 0 aromatic carbocycles. The van der Waals surface area contributed by atoms with Crippen LogP contribution in [0, 0.1) is 0 Å². The van der Waals surface area contributed by atoms with Crippen LogP contribution in [-0.4, -0.2) is 71.3 Å². The van der Waals surface area contributed by atoms with Crippen molar-refractivity contribution in [1.82, 2.24) is 24.3 Å². The quantitative estimate of drug-likeness (QED) is 0.133. The van der Waals surface area contributed by atoms with Gasteiger partial charge in [-0.25, -0.2) is 4.79 Å². The van der Waals surface area contributed by atoms with Crippen molar-refractivity contribution < 1.29 is 29.0 Å². The Kier molecular flexibility index (Phi) is 6.44. The minimum atomic E-state index is -1.19. The summed E-state index contributed by atoms with van der Waals surface area (Å²) < 4.78 is 7.70. The third-order valence-corrected chi connectivity index (χ3v) is 7.09. The van der Waals surface area contributed by atoms with Crippen LogP contribution in [0.15, 0.2) is 40.4 Å². The molecule has 2 amide bonds. The molecular formula is C18H22N8O5S2+2. The van der Waals surface area contributed by atoms with Crippen molar-refractivity contribution in [3.05, 3.63) is 41.1 Å². The maximum atomic E-state index is 12.9. The molecule has 0 radical (unpaired) electrons. The summed E-state index contributed by atoms with van der Waals surface area (Å²) in [5.74, 6) is -2.00. The first-order valence-electron chi connectivity index (χ1n) is 9.84. The Morgan fingerprint density at radius 2 is 2.30 bits per heavy atom. The Hall–Kier alpha value is -3.30. The molecule has 15 heteroatoms. The summed E-state index contributed by atoms with van der Waals surface area (Å²) in [4.78, 5) is 48.0. The van der Waals surface area contributed by atoms with Crippen LogP contribution in [0.3, 0.4) is 0 Å². The Bertz CT molecular complexity index is 1170. The summed E-state index contributed by atoms with van der Waals surface area (Å²) in [5, 5.41) is 21.3. The van der Waals surface area contributed by atoms with E-state index in [9.17, 15) is 19.5 Å². The van der Waals surface area contributed by atoms with Gasteiger partial charge in [0, 0.05) is 16.2 Å². The van der Waals surface area contributed by atoms with E-state index in [1.165, 1.54) is 22.2 Å². The molecule has 4 rings (SSSR count). The van der Waals surface area contributed by atoms with Crippen LogP contribution in [0.1, 0.15) is 12.7 Å². The summed E-state index contributed by atoms with van der Waals surface area (Å²) >= 11 is 1.38. The van der Waals surface area contributed by atoms with E-state index in [1.54, 1.807) is 6.92 Å². The number of carbonyl (C=O) groups is 3. The Labute approximate surface area is 195 Å². The first kappa shape index (κ1) is 22.9. The number of β-lactam (4-membered cyclic amide) rings is 1. The molecule has 1 fully saturated rings. The van der Waals surface area contributed by atoms with Gasteiger partial charge in [0.05, 0.1) is 6.20 Å². The van der Waals surface area contributed by atoms with Gasteiger partial charge in [-0.3, -0.25) is 14.5 Å². The number of carboxylic acid groups (broad SMARTS) is 1. The molecule has 0 saturated carbocycles. The van der Waals surface area contributed by atoms with Gasteiger partial charge in [0.15, 0.2) is 13.2 Å². The van der Waals surface area contributed by atoms with E-state index in [-0.39, 0.29) is 23.8 Å². The molecule has 2 aromatic heterocycles. The Morgan fingerprint density at radius 3 is 2.91 bits per heavy atom. The number of hydrogen-bond donors (Lipinski definition) is 3. The van der Waals surface area contributed by atoms with Crippen LogP contribution in [0.4, 0.5) is 0 Å². The lowest BCUT2D eigenvalue weighted by Crippen LogP contribution is -2.71. The number of fused-ring (bicyclic) bond motifs is 1. The molecule has 33 heavy (non-hydrogen) atoms. The number of aromatic nitrogens is 4. The molecule has 4 N–H and O–H groups in total.